The third kappa shape index (κ3) is 3.00. The highest BCUT2D eigenvalue weighted by molar-refractivity contribution is 5.92. The Bertz CT molecular complexity index is 430. The van der Waals surface area contributed by atoms with Crippen LogP contribution in [0, 0.1) is 0 Å². The van der Waals surface area contributed by atoms with Gasteiger partial charge in [-0.05, 0) is 45.5 Å². The van der Waals surface area contributed by atoms with Crippen LogP contribution < -0.4 is 5.32 Å². The Hall–Kier alpha value is -1.29. The molecule has 1 aromatic rings. The van der Waals surface area contributed by atoms with Gasteiger partial charge in [0.15, 0.2) is 0 Å². The molecular formula is C15H25N3O. The van der Waals surface area contributed by atoms with Crippen LogP contribution in [-0.2, 0) is 6.42 Å². The van der Waals surface area contributed by atoms with Crippen molar-refractivity contribution in [2.24, 2.45) is 0 Å². The lowest BCUT2D eigenvalue weighted by molar-refractivity contribution is 0.0895. The molecule has 4 nitrogen and oxygen atoms in total. The smallest absolute Gasteiger partial charge is 0.267 e. The van der Waals surface area contributed by atoms with Gasteiger partial charge < -0.3 is 15.2 Å². The van der Waals surface area contributed by atoms with Crippen LogP contribution in [0.3, 0.4) is 0 Å². The van der Waals surface area contributed by atoms with E-state index in [-0.39, 0.29) is 11.4 Å². The lowest BCUT2D eigenvalue weighted by Gasteiger charge is -2.36. The van der Waals surface area contributed by atoms with E-state index in [1.807, 2.05) is 12.1 Å². The second kappa shape index (κ2) is 5.78. The number of amides is 1. The highest BCUT2D eigenvalue weighted by atomic mass is 16.1. The number of aryl methyl sites for hydroxylation is 1. The summed E-state index contributed by atoms with van der Waals surface area (Å²) in [6.07, 6.45) is 5.79. The van der Waals surface area contributed by atoms with Crippen LogP contribution in [0.5, 0.6) is 0 Å². The zero-order valence-electron chi connectivity index (χ0n) is 12.3. The third-order valence-electron chi connectivity index (χ3n) is 4.43. The van der Waals surface area contributed by atoms with E-state index in [2.05, 4.69) is 36.2 Å². The summed E-state index contributed by atoms with van der Waals surface area (Å²) >= 11 is 0. The zero-order valence-corrected chi connectivity index (χ0v) is 12.3. The van der Waals surface area contributed by atoms with E-state index >= 15 is 0 Å². The van der Waals surface area contributed by atoms with Gasteiger partial charge in [-0.25, -0.2) is 0 Å². The van der Waals surface area contributed by atoms with E-state index in [4.69, 9.17) is 0 Å². The fraction of sp³-hybridized carbons (Fsp3) is 0.667. The molecule has 0 unspecified atom stereocenters. The molecule has 0 aromatic carbocycles. The summed E-state index contributed by atoms with van der Waals surface area (Å²) in [6.45, 7) is 2.81. The number of carbonyl (C=O) groups is 1. The van der Waals surface area contributed by atoms with Gasteiger partial charge in [0.05, 0.1) is 0 Å². The molecule has 1 aromatic heterocycles. The number of aromatic amines is 1. The van der Waals surface area contributed by atoms with E-state index < -0.39 is 0 Å². The van der Waals surface area contributed by atoms with Crippen molar-refractivity contribution in [1.82, 2.24) is 15.2 Å². The van der Waals surface area contributed by atoms with E-state index in [0.717, 1.165) is 18.7 Å². The van der Waals surface area contributed by atoms with Gasteiger partial charge in [0, 0.05) is 17.8 Å². The molecule has 106 valence electrons. The molecule has 0 radical (unpaired) electrons. The molecule has 2 rings (SSSR count). The van der Waals surface area contributed by atoms with Crippen molar-refractivity contribution in [3.05, 3.63) is 23.5 Å². The molecule has 0 bridgehead atoms. The summed E-state index contributed by atoms with van der Waals surface area (Å²) in [4.78, 5) is 17.6. The number of aromatic nitrogens is 1. The van der Waals surface area contributed by atoms with Gasteiger partial charge in [0.2, 0.25) is 0 Å². The maximum Gasteiger partial charge on any atom is 0.267 e. The fourth-order valence-electron chi connectivity index (χ4n) is 2.93. The van der Waals surface area contributed by atoms with Crippen molar-refractivity contribution < 1.29 is 4.79 Å². The van der Waals surface area contributed by atoms with E-state index in [1.54, 1.807) is 0 Å². The molecule has 0 aliphatic heterocycles. The first-order valence-electron chi connectivity index (χ1n) is 7.21. The molecule has 1 heterocycles. The maximum atomic E-state index is 12.1. The van der Waals surface area contributed by atoms with Gasteiger partial charge in [-0.3, -0.25) is 4.79 Å². The molecule has 1 saturated carbocycles. The van der Waals surface area contributed by atoms with Crippen molar-refractivity contribution in [2.75, 3.05) is 20.6 Å². The third-order valence-corrected chi connectivity index (χ3v) is 4.43. The monoisotopic (exact) mass is 263 g/mol. The minimum absolute atomic E-state index is 0.00725. The average Bonchev–Trinajstić information content (AvgIpc) is 3.05. The van der Waals surface area contributed by atoms with Crippen LogP contribution in [0.4, 0.5) is 0 Å². The molecule has 1 aliphatic carbocycles. The standard InChI is InChI=1S/C15H25N3O/c1-4-12-7-8-13(17-12)14(19)16-11-15(18(2)3)9-5-6-10-15/h7-8,17H,4-6,9-11H2,1-3H3,(H,16,19). The first-order chi connectivity index (χ1) is 9.07. The van der Waals surface area contributed by atoms with Crippen molar-refractivity contribution >= 4 is 5.91 Å². The molecule has 2 N–H and O–H groups in total. The Morgan fingerprint density at radius 1 is 1.37 bits per heavy atom. The highest BCUT2D eigenvalue weighted by Gasteiger charge is 2.36. The van der Waals surface area contributed by atoms with Crippen LogP contribution in [0.2, 0.25) is 0 Å². The van der Waals surface area contributed by atoms with Crippen molar-refractivity contribution in [3.63, 3.8) is 0 Å². The summed E-state index contributed by atoms with van der Waals surface area (Å²) in [5, 5.41) is 3.09. The second-order valence-electron chi connectivity index (χ2n) is 5.76. The molecule has 0 spiro atoms. The lowest BCUT2D eigenvalue weighted by Crippen LogP contribution is -2.50. The largest absolute Gasteiger partial charge is 0.354 e. The SMILES string of the molecule is CCc1ccc(C(=O)NCC2(N(C)C)CCCC2)[nH]1. The number of H-pyrrole nitrogens is 1. The van der Waals surface area contributed by atoms with Crippen LogP contribution in [0.15, 0.2) is 12.1 Å². The van der Waals surface area contributed by atoms with Crippen LogP contribution in [0.25, 0.3) is 0 Å². The van der Waals surface area contributed by atoms with Gasteiger partial charge in [0.1, 0.15) is 5.69 Å². The Morgan fingerprint density at radius 3 is 2.58 bits per heavy atom. The minimum Gasteiger partial charge on any atom is -0.354 e. The summed E-state index contributed by atoms with van der Waals surface area (Å²) in [7, 11) is 4.22. The topological polar surface area (TPSA) is 48.1 Å². The summed E-state index contributed by atoms with van der Waals surface area (Å²) in [5.74, 6) is 0.00725. The van der Waals surface area contributed by atoms with Crippen molar-refractivity contribution in [3.8, 4) is 0 Å². The number of carbonyl (C=O) groups excluding carboxylic acids is 1. The van der Waals surface area contributed by atoms with Gasteiger partial charge in [0.25, 0.3) is 5.91 Å². The van der Waals surface area contributed by atoms with Crippen LogP contribution >= 0.6 is 0 Å². The average molecular weight is 263 g/mol. The highest BCUT2D eigenvalue weighted by Crippen LogP contribution is 2.33. The first-order valence-corrected chi connectivity index (χ1v) is 7.21. The first kappa shape index (κ1) is 14.1. The van der Waals surface area contributed by atoms with Crippen LogP contribution in [0.1, 0.15) is 48.8 Å². The molecule has 0 saturated heterocycles. The van der Waals surface area contributed by atoms with Crippen LogP contribution in [-0.4, -0.2) is 42.0 Å². The van der Waals surface area contributed by atoms with E-state index in [1.165, 1.54) is 25.7 Å². The number of nitrogens with zero attached hydrogens (tertiary/aromatic N) is 1. The van der Waals surface area contributed by atoms with Gasteiger partial charge in [-0.2, -0.15) is 0 Å². The Kier molecular flexibility index (Phi) is 4.30. The molecule has 1 fully saturated rings. The van der Waals surface area contributed by atoms with E-state index in [9.17, 15) is 4.79 Å². The van der Waals surface area contributed by atoms with Gasteiger partial charge in [-0.1, -0.05) is 19.8 Å². The Morgan fingerprint density at radius 2 is 2.05 bits per heavy atom. The molecular weight excluding hydrogens is 238 g/mol. The number of rotatable bonds is 5. The molecule has 19 heavy (non-hydrogen) atoms. The lowest BCUT2D eigenvalue weighted by atomic mass is 9.96. The van der Waals surface area contributed by atoms with Gasteiger partial charge >= 0.3 is 0 Å². The summed E-state index contributed by atoms with van der Waals surface area (Å²) in [5.41, 5.74) is 1.92. The summed E-state index contributed by atoms with van der Waals surface area (Å²) < 4.78 is 0. The predicted octanol–water partition coefficient (Wildman–Crippen LogP) is 2.18. The Balaban J connectivity index is 1.95. The zero-order chi connectivity index (χ0) is 13.9. The van der Waals surface area contributed by atoms with E-state index in [0.29, 0.717) is 5.69 Å². The van der Waals surface area contributed by atoms with Gasteiger partial charge in [-0.15, -0.1) is 0 Å². The molecule has 1 amide bonds. The minimum atomic E-state index is 0.00725. The number of hydrogen-bond acceptors (Lipinski definition) is 2. The molecule has 4 heteroatoms. The quantitative estimate of drug-likeness (QED) is 0.855. The maximum absolute atomic E-state index is 12.1. The number of likely N-dealkylation sites (N-methyl/N-ethyl adjacent to an activating group) is 1. The summed E-state index contributed by atoms with van der Waals surface area (Å²) in [6, 6.07) is 3.84. The number of nitrogens with one attached hydrogen (secondary N) is 2. The predicted molar refractivity (Wildman–Crippen MR) is 77.4 cm³/mol. The fourth-order valence-corrected chi connectivity index (χ4v) is 2.93. The normalized spacial score (nSPS) is 17.9. The van der Waals surface area contributed by atoms with Crippen molar-refractivity contribution in [2.45, 2.75) is 44.6 Å². The Labute approximate surface area is 115 Å². The molecule has 0 atom stereocenters. The molecule has 1 aliphatic rings. The second-order valence-corrected chi connectivity index (χ2v) is 5.76. The van der Waals surface area contributed by atoms with Crippen molar-refractivity contribution in [1.29, 1.82) is 0 Å². The number of hydrogen-bond donors (Lipinski definition) is 2.